The lowest BCUT2D eigenvalue weighted by Crippen LogP contribution is -2.19. The van der Waals surface area contributed by atoms with Gasteiger partial charge in [0.25, 0.3) is 15.7 Å². The quantitative estimate of drug-likeness (QED) is 0.465. The summed E-state index contributed by atoms with van der Waals surface area (Å²) in [4.78, 5) is 15.2. The van der Waals surface area contributed by atoms with Crippen LogP contribution in [-0.2, 0) is 10.0 Å². The van der Waals surface area contributed by atoms with Gasteiger partial charge in [-0.15, -0.1) is 0 Å². The Morgan fingerprint density at radius 1 is 1.15 bits per heavy atom. The molecular weight excluding hydrogens is 368 g/mol. The average Bonchev–Trinajstić information content (AvgIpc) is 3.16. The second-order valence-corrected chi connectivity index (χ2v) is 8.03. The minimum atomic E-state index is -3.78. The highest BCUT2D eigenvalue weighted by atomic mass is 32.2. The SMILES string of the molecule is Cc1ccc(S(=O)(=O)N/N=C/c2ccc(N3CCCC3)c([N+](=O)[O-])c2)cc1. The molecule has 2 aromatic rings. The number of benzene rings is 2. The number of nitro groups is 1. The van der Waals surface area contributed by atoms with E-state index in [0.29, 0.717) is 11.3 Å². The number of hydrazone groups is 1. The van der Waals surface area contributed by atoms with E-state index in [1.54, 1.807) is 24.3 Å². The fourth-order valence-electron chi connectivity index (χ4n) is 2.93. The maximum atomic E-state index is 12.2. The summed E-state index contributed by atoms with van der Waals surface area (Å²) >= 11 is 0. The molecule has 0 saturated carbocycles. The number of hydrogen-bond donors (Lipinski definition) is 1. The molecule has 0 radical (unpaired) electrons. The largest absolute Gasteiger partial charge is 0.366 e. The molecule has 0 aliphatic carbocycles. The second-order valence-electron chi connectivity index (χ2n) is 6.37. The molecule has 2 aromatic carbocycles. The van der Waals surface area contributed by atoms with Gasteiger partial charge < -0.3 is 4.90 Å². The van der Waals surface area contributed by atoms with Gasteiger partial charge in [-0.05, 0) is 38.0 Å². The van der Waals surface area contributed by atoms with Crippen molar-refractivity contribution >= 4 is 27.6 Å². The van der Waals surface area contributed by atoms with Crippen molar-refractivity contribution in [3.63, 3.8) is 0 Å². The van der Waals surface area contributed by atoms with E-state index in [1.165, 1.54) is 24.4 Å². The summed E-state index contributed by atoms with van der Waals surface area (Å²) in [5.74, 6) is 0. The monoisotopic (exact) mass is 388 g/mol. The summed E-state index contributed by atoms with van der Waals surface area (Å²) in [6.45, 7) is 3.45. The molecule has 9 heteroatoms. The van der Waals surface area contributed by atoms with Crippen molar-refractivity contribution in [1.82, 2.24) is 4.83 Å². The molecule has 1 saturated heterocycles. The highest BCUT2D eigenvalue weighted by molar-refractivity contribution is 7.89. The van der Waals surface area contributed by atoms with E-state index in [0.717, 1.165) is 31.5 Å². The molecule has 1 fully saturated rings. The minimum absolute atomic E-state index is 0.0118. The van der Waals surface area contributed by atoms with Crippen molar-refractivity contribution in [1.29, 1.82) is 0 Å². The molecule has 142 valence electrons. The Labute approximate surface area is 157 Å². The Balaban J connectivity index is 1.77. The van der Waals surface area contributed by atoms with Crippen LogP contribution in [0.25, 0.3) is 0 Å². The number of hydrogen-bond acceptors (Lipinski definition) is 6. The van der Waals surface area contributed by atoms with Gasteiger partial charge in [0.2, 0.25) is 0 Å². The molecule has 1 N–H and O–H groups in total. The molecule has 1 aliphatic heterocycles. The van der Waals surface area contributed by atoms with E-state index in [9.17, 15) is 18.5 Å². The molecule has 0 aromatic heterocycles. The summed E-state index contributed by atoms with van der Waals surface area (Å²) in [6.07, 6.45) is 3.29. The molecule has 8 nitrogen and oxygen atoms in total. The van der Waals surface area contributed by atoms with Gasteiger partial charge in [0.05, 0.1) is 16.0 Å². The summed E-state index contributed by atoms with van der Waals surface area (Å²) < 4.78 is 24.4. The summed E-state index contributed by atoms with van der Waals surface area (Å²) in [5, 5.41) is 15.1. The molecule has 0 amide bonds. The average molecular weight is 388 g/mol. The molecule has 0 bridgehead atoms. The zero-order valence-corrected chi connectivity index (χ0v) is 15.6. The number of nitro benzene ring substituents is 1. The highest BCUT2D eigenvalue weighted by Gasteiger charge is 2.22. The van der Waals surface area contributed by atoms with Crippen molar-refractivity contribution in [2.75, 3.05) is 18.0 Å². The molecular formula is C18H20N4O4S. The third kappa shape index (κ3) is 4.43. The molecule has 0 spiro atoms. The lowest BCUT2D eigenvalue weighted by molar-refractivity contribution is -0.384. The first kappa shape index (κ1) is 18.8. The Hall–Kier alpha value is -2.94. The lowest BCUT2D eigenvalue weighted by atomic mass is 10.1. The number of rotatable bonds is 6. The van der Waals surface area contributed by atoms with Crippen molar-refractivity contribution in [2.45, 2.75) is 24.7 Å². The number of aryl methyl sites for hydroxylation is 1. The van der Waals surface area contributed by atoms with Crippen LogP contribution in [0.2, 0.25) is 0 Å². The molecule has 0 unspecified atom stereocenters. The van der Waals surface area contributed by atoms with Crippen molar-refractivity contribution < 1.29 is 13.3 Å². The van der Waals surface area contributed by atoms with Crippen LogP contribution in [0.3, 0.4) is 0 Å². The normalized spacial score (nSPS) is 14.6. The van der Waals surface area contributed by atoms with E-state index in [2.05, 4.69) is 9.93 Å². The number of sulfonamides is 1. The van der Waals surface area contributed by atoms with Crippen LogP contribution in [0, 0.1) is 17.0 Å². The highest BCUT2D eigenvalue weighted by Crippen LogP contribution is 2.31. The van der Waals surface area contributed by atoms with Crippen LogP contribution < -0.4 is 9.73 Å². The van der Waals surface area contributed by atoms with Crippen LogP contribution in [0.5, 0.6) is 0 Å². The smallest absolute Gasteiger partial charge is 0.293 e. The van der Waals surface area contributed by atoms with E-state index in [-0.39, 0.29) is 10.6 Å². The fraction of sp³-hybridized carbons (Fsp3) is 0.278. The van der Waals surface area contributed by atoms with Crippen LogP contribution in [0.15, 0.2) is 52.5 Å². The van der Waals surface area contributed by atoms with Gasteiger partial charge in [0, 0.05) is 24.7 Å². The van der Waals surface area contributed by atoms with Gasteiger partial charge in [-0.1, -0.05) is 23.8 Å². The second kappa shape index (κ2) is 7.75. The van der Waals surface area contributed by atoms with Gasteiger partial charge >= 0.3 is 0 Å². The number of nitrogens with one attached hydrogen (secondary N) is 1. The van der Waals surface area contributed by atoms with Crippen LogP contribution >= 0.6 is 0 Å². The molecule has 1 aliphatic rings. The molecule has 27 heavy (non-hydrogen) atoms. The third-order valence-corrected chi connectivity index (χ3v) is 5.60. The van der Waals surface area contributed by atoms with E-state index in [4.69, 9.17) is 0 Å². The van der Waals surface area contributed by atoms with Crippen molar-refractivity contribution in [2.24, 2.45) is 5.10 Å². The Morgan fingerprint density at radius 3 is 2.44 bits per heavy atom. The number of anilines is 1. The molecule has 1 heterocycles. The van der Waals surface area contributed by atoms with Gasteiger partial charge in [-0.25, -0.2) is 4.83 Å². The van der Waals surface area contributed by atoms with E-state index >= 15 is 0 Å². The number of nitrogens with zero attached hydrogens (tertiary/aromatic N) is 3. The zero-order valence-electron chi connectivity index (χ0n) is 14.8. The predicted octanol–water partition coefficient (Wildman–Crippen LogP) is 2.82. The molecule has 0 atom stereocenters. The van der Waals surface area contributed by atoms with Gasteiger partial charge in [-0.2, -0.15) is 13.5 Å². The molecule has 3 rings (SSSR count). The van der Waals surface area contributed by atoms with E-state index in [1.807, 2.05) is 11.8 Å². The van der Waals surface area contributed by atoms with Crippen molar-refractivity contribution in [3.05, 3.63) is 63.7 Å². The Bertz CT molecular complexity index is 965. The fourth-order valence-corrected chi connectivity index (χ4v) is 3.72. The van der Waals surface area contributed by atoms with Gasteiger partial charge in [-0.3, -0.25) is 10.1 Å². The maximum absolute atomic E-state index is 12.2. The lowest BCUT2D eigenvalue weighted by Gasteiger charge is -2.17. The van der Waals surface area contributed by atoms with Gasteiger partial charge in [0.1, 0.15) is 5.69 Å². The first-order valence-corrected chi connectivity index (χ1v) is 10.00. The van der Waals surface area contributed by atoms with Crippen molar-refractivity contribution in [3.8, 4) is 0 Å². The van der Waals surface area contributed by atoms with Crippen LogP contribution in [0.4, 0.5) is 11.4 Å². The standard InChI is InChI=1S/C18H20N4O4S/c1-14-4-7-16(8-5-14)27(25,26)20-19-13-15-6-9-17(18(12-15)22(23)24)21-10-2-3-11-21/h4-9,12-13,20H,2-3,10-11H2,1H3/b19-13+. The first-order chi connectivity index (χ1) is 12.9. The predicted molar refractivity (Wildman–Crippen MR) is 104 cm³/mol. The summed E-state index contributed by atoms with van der Waals surface area (Å²) in [7, 11) is -3.78. The first-order valence-electron chi connectivity index (χ1n) is 8.52. The Kier molecular flexibility index (Phi) is 5.41. The summed E-state index contributed by atoms with van der Waals surface area (Å²) in [6, 6.07) is 11.1. The zero-order chi connectivity index (χ0) is 19.4. The van der Waals surface area contributed by atoms with Gasteiger partial charge in [0.15, 0.2) is 0 Å². The minimum Gasteiger partial charge on any atom is -0.366 e. The third-order valence-electron chi connectivity index (χ3n) is 4.36. The maximum Gasteiger partial charge on any atom is 0.293 e. The van der Waals surface area contributed by atoms with E-state index < -0.39 is 14.9 Å². The van der Waals surface area contributed by atoms with Crippen LogP contribution in [-0.4, -0.2) is 32.6 Å². The Morgan fingerprint density at radius 2 is 1.81 bits per heavy atom. The van der Waals surface area contributed by atoms with Crippen LogP contribution in [0.1, 0.15) is 24.0 Å². The topological polar surface area (TPSA) is 105 Å². The summed E-state index contributed by atoms with van der Waals surface area (Å²) in [5.41, 5.74) is 1.95.